The van der Waals surface area contributed by atoms with E-state index in [1.54, 1.807) is 52.0 Å². The molecule has 30 heavy (non-hydrogen) atoms. The number of hydrogen-bond donors (Lipinski definition) is 2. The summed E-state index contributed by atoms with van der Waals surface area (Å²) in [4.78, 5) is 28.0. The fourth-order valence-corrected chi connectivity index (χ4v) is 2.56. The highest BCUT2D eigenvalue weighted by molar-refractivity contribution is 5.91. The predicted molar refractivity (Wildman–Crippen MR) is 111 cm³/mol. The summed E-state index contributed by atoms with van der Waals surface area (Å²) in [6.07, 6.45) is 1.36. The largest absolute Gasteiger partial charge is 0.462 e. The zero-order chi connectivity index (χ0) is 22.1. The van der Waals surface area contributed by atoms with Crippen molar-refractivity contribution >= 4 is 12.1 Å². The molecule has 1 aromatic heterocycles. The Morgan fingerprint density at radius 3 is 2.47 bits per heavy atom. The van der Waals surface area contributed by atoms with E-state index in [9.17, 15) is 14.7 Å². The first kappa shape index (κ1) is 23.2. The minimum Gasteiger partial charge on any atom is -0.462 e. The van der Waals surface area contributed by atoms with Crippen LogP contribution in [0.25, 0.3) is 0 Å². The van der Waals surface area contributed by atoms with E-state index in [4.69, 9.17) is 14.2 Å². The molecule has 0 spiro atoms. The molecule has 8 nitrogen and oxygen atoms in total. The summed E-state index contributed by atoms with van der Waals surface area (Å²) in [7, 11) is 0. The highest BCUT2D eigenvalue weighted by Crippen LogP contribution is 2.24. The van der Waals surface area contributed by atoms with Gasteiger partial charge in [0.25, 0.3) is 0 Å². The van der Waals surface area contributed by atoms with E-state index in [0.29, 0.717) is 12.2 Å². The summed E-state index contributed by atoms with van der Waals surface area (Å²) >= 11 is 0. The zero-order valence-corrected chi connectivity index (χ0v) is 17.7. The Labute approximate surface area is 176 Å². The van der Waals surface area contributed by atoms with Crippen LogP contribution in [0.15, 0.2) is 42.6 Å². The number of benzene rings is 1. The number of esters is 1. The smallest absolute Gasteiger partial charge is 0.407 e. The fraction of sp³-hybridized carbons (Fsp3) is 0.409. The van der Waals surface area contributed by atoms with Crippen molar-refractivity contribution in [2.24, 2.45) is 0 Å². The Hall–Kier alpha value is -3.13. The number of aliphatic hydroxyl groups is 1. The van der Waals surface area contributed by atoms with Crippen molar-refractivity contribution in [3.63, 3.8) is 0 Å². The summed E-state index contributed by atoms with van der Waals surface area (Å²) < 4.78 is 16.0. The van der Waals surface area contributed by atoms with E-state index >= 15 is 0 Å². The maximum absolute atomic E-state index is 12.0. The van der Waals surface area contributed by atoms with Crippen molar-refractivity contribution in [2.45, 2.75) is 45.8 Å². The summed E-state index contributed by atoms with van der Waals surface area (Å²) in [6.45, 7) is 7.07. The molecule has 0 saturated carbocycles. The Bertz CT molecular complexity index is 845. The van der Waals surface area contributed by atoms with Gasteiger partial charge in [-0.15, -0.1) is 0 Å². The number of alkyl carbamates (subject to hydrolysis) is 1. The lowest BCUT2D eigenvalue weighted by Crippen LogP contribution is -2.42. The lowest BCUT2D eigenvalue weighted by Gasteiger charge is -2.22. The topological polar surface area (TPSA) is 107 Å². The Morgan fingerprint density at radius 1 is 1.17 bits per heavy atom. The van der Waals surface area contributed by atoms with Gasteiger partial charge in [0.05, 0.1) is 19.3 Å². The van der Waals surface area contributed by atoms with Gasteiger partial charge in [-0.25, -0.2) is 14.6 Å². The summed E-state index contributed by atoms with van der Waals surface area (Å²) in [6, 6.07) is 9.79. The molecule has 8 heteroatoms. The normalized spacial score (nSPS) is 12.0. The van der Waals surface area contributed by atoms with Gasteiger partial charge in [-0.1, -0.05) is 12.1 Å². The van der Waals surface area contributed by atoms with Crippen LogP contribution in [0, 0.1) is 0 Å². The van der Waals surface area contributed by atoms with E-state index < -0.39 is 23.7 Å². The van der Waals surface area contributed by atoms with Gasteiger partial charge < -0.3 is 24.6 Å². The standard InChI is InChI=1S/C22H28N2O6/c1-5-28-20(26)18-7-6-12-23-19(18)29-17-10-8-15(9-11-17)13-16(14-25)24-21(27)30-22(2,3)4/h6-12,16,25H,5,13-14H2,1-4H3,(H,24,27). The molecule has 1 unspecified atom stereocenters. The summed E-state index contributed by atoms with van der Waals surface area (Å²) in [5.74, 6) is 0.142. The van der Waals surface area contributed by atoms with Crippen LogP contribution in [0.5, 0.6) is 11.6 Å². The number of pyridine rings is 1. The average molecular weight is 416 g/mol. The van der Waals surface area contributed by atoms with Gasteiger partial charge in [-0.3, -0.25) is 0 Å². The van der Waals surface area contributed by atoms with Crippen molar-refractivity contribution in [3.05, 3.63) is 53.7 Å². The Kier molecular flexibility index (Phi) is 8.17. The molecule has 2 rings (SSSR count). The number of amides is 1. The number of carbonyl (C=O) groups excluding carboxylic acids is 2. The summed E-state index contributed by atoms with van der Waals surface area (Å²) in [5.41, 5.74) is 0.506. The molecule has 0 aliphatic rings. The van der Waals surface area contributed by atoms with Crippen molar-refractivity contribution < 1.29 is 28.9 Å². The van der Waals surface area contributed by atoms with Crippen molar-refractivity contribution in [2.75, 3.05) is 13.2 Å². The lowest BCUT2D eigenvalue weighted by atomic mass is 10.1. The number of nitrogens with zero attached hydrogens (tertiary/aromatic N) is 1. The first-order valence-corrected chi connectivity index (χ1v) is 9.71. The molecule has 1 amide bonds. The monoisotopic (exact) mass is 416 g/mol. The third-order valence-electron chi connectivity index (χ3n) is 3.83. The molecular formula is C22H28N2O6. The number of nitrogens with one attached hydrogen (secondary N) is 1. The van der Waals surface area contributed by atoms with Crippen LogP contribution in [-0.2, 0) is 15.9 Å². The molecule has 2 aromatic rings. The third kappa shape index (κ3) is 7.36. The molecule has 0 saturated heterocycles. The van der Waals surface area contributed by atoms with Gasteiger partial charge in [0.1, 0.15) is 16.9 Å². The Morgan fingerprint density at radius 2 is 1.87 bits per heavy atom. The van der Waals surface area contributed by atoms with Crippen LogP contribution in [0.1, 0.15) is 43.6 Å². The van der Waals surface area contributed by atoms with Gasteiger partial charge in [-0.2, -0.15) is 0 Å². The minimum atomic E-state index is -0.614. The van der Waals surface area contributed by atoms with Crippen LogP contribution < -0.4 is 10.1 Å². The molecule has 162 valence electrons. The van der Waals surface area contributed by atoms with E-state index in [-0.39, 0.29) is 24.7 Å². The van der Waals surface area contributed by atoms with Gasteiger partial charge in [0, 0.05) is 6.20 Å². The molecule has 1 aromatic carbocycles. The van der Waals surface area contributed by atoms with Crippen LogP contribution in [-0.4, -0.2) is 47.0 Å². The van der Waals surface area contributed by atoms with E-state index in [2.05, 4.69) is 10.3 Å². The fourth-order valence-electron chi connectivity index (χ4n) is 2.56. The van der Waals surface area contributed by atoms with Crippen molar-refractivity contribution in [1.29, 1.82) is 0 Å². The SMILES string of the molecule is CCOC(=O)c1cccnc1Oc1ccc(CC(CO)NC(=O)OC(C)(C)C)cc1. The predicted octanol–water partition coefficient (Wildman–Crippen LogP) is 3.48. The van der Waals surface area contributed by atoms with Crippen molar-refractivity contribution in [1.82, 2.24) is 10.3 Å². The number of aliphatic hydroxyl groups excluding tert-OH is 1. The second-order valence-corrected chi connectivity index (χ2v) is 7.55. The highest BCUT2D eigenvalue weighted by atomic mass is 16.6. The average Bonchev–Trinajstić information content (AvgIpc) is 2.68. The quantitative estimate of drug-likeness (QED) is 0.635. The van der Waals surface area contributed by atoms with Crippen LogP contribution >= 0.6 is 0 Å². The number of carbonyl (C=O) groups is 2. The van der Waals surface area contributed by atoms with Gasteiger partial charge in [-0.05, 0) is 63.9 Å². The molecule has 0 fully saturated rings. The molecule has 0 radical (unpaired) electrons. The number of hydrogen-bond acceptors (Lipinski definition) is 7. The van der Waals surface area contributed by atoms with Gasteiger partial charge in [0.15, 0.2) is 0 Å². The maximum Gasteiger partial charge on any atom is 0.407 e. The van der Waals surface area contributed by atoms with Crippen LogP contribution in [0.4, 0.5) is 4.79 Å². The number of aromatic nitrogens is 1. The zero-order valence-electron chi connectivity index (χ0n) is 17.7. The molecule has 1 heterocycles. The van der Waals surface area contributed by atoms with Crippen molar-refractivity contribution in [3.8, 4) is 11.6 Å². The van der Waals surface area contributed by atoms with Gasteiger partial charge in [0.2, 0.25) is 5.88 Å². The van der Waals surface area contributed by atoms with Crippen LogP contribution in [0.3, 0.4) is 0 Å². The second-order valence-electron chi connectivity index (χ2n) is 7.55. The molecule has 1 atom stereocenters. The highest BCUT2D eigenvalue weighted by Gasteiger charge is 2.20. The minimum absolute atomic E-state index is 0.156. The van der Waals surface area contributed by atoms with Gasteiger partial charge >= 0.3 is 12.1 Å². The molecular weight excluding hydrogens is 388 g/mol. The van der Waals surface area contributed by atoms with E-state index in [0.717, 1.165) is 5.56 Å². The van der Waals surface area contributed by atoms with E-state index in [1.165, 1.54) is 6.20 Å². The molecule has 0 aliphatic heterocycles. The molecule has 2 N–H and O–H groups in total. The first-order valence-electron chi connectivity index (χ1n) is 9.71. The lowest BCUT2D eigenvalue weighted by molar-refractivity contribution is 0.0480. The molecule has 0 aliphatic carbocycles. The van der Waals surface area contributed by atoms with Crippen LogP contribution in [0.2, 0.25) is 0 Å². The Balaban J connectivity index is 2.01. The second kappa shape index (κ2) is 10.6. The third-order valence-corrected chi connectivity index (χ3v) is 3.83. The number of rotatable bonds is 8. The number of ether oxygens (including phenoxy) is 3. The first-order chi connectivity index (χ1) is 14.2. The molecule has 0 bridgehead atoms. The summed E-state index contributed by atoms with van der Waals surface area (Å²) in [5, 5.41) is 12.2. The maximum atomic E-state index is 12.0. The van der Waals surface area contributed by atoms with E-state index in [1.807, 2.05) is 12.1 Å².